The van der Waals surface area contributed by atoms with Crippen molar-refractivity contribution in [3.05, 3.63) is 54.2 Å². The molecule has 7 heteroatoms. The molecule has 0 spiro atoms. The van der Waals surface area contributed by atoms with Gasteiger partial charge in [0, 0.05) is 11.1 Å². The van der Waals surface area contributed by atoms with Crippen LogP contribution in [0.25, 0.3) is 16.6 Å². The molecule has 0 radical (unpaired) electrons. The Labute approximate surface area is 145 Å². The summed E-state index contributed by atoms with van der Waals surface area (Å²) in [5.74, 6) is -0.423. The Balaban J connectivity index is 0.00000208. The van der Waals surface area contributed by atoms with E-state index in [9.17, 15) is 4.79 Å². The number of hydrogen-bond donors (Lipinski definition) is 3. The molecule has 3 aromatic rings. The zero-order valence-corrected chi connectivity index (χ0v) is 14.0. The molecule has 0 aliphatic heterocycles. The molecule has 0 aliphatic carbocycles. The third-order valence-corrected chi connectivity index (χ3v) is 3.62. The summed E-state index contributed by atoms with van der Waals surface area (Å²) in [6.45, 7) is 1.63. The van der Waals surface area contributed by atoms with Gasteiger partial charge in [-0.3, -0.25) is 4.79 Å². The average Bonchev–Trinajstić information content (AvgIpc) is 2.97. The van der Waals surface area contributed by atoms with Crippen LogP contribution in [0.4, 0.5) is 5.69 Å². The highest BCUT2D eigenvalue weighted by Crippen LogP contribution is 2.22. The predicted molar refractivity (Wildman–Crippen MR) is 96.7 cm³/mol. The van der Waals surface area contributed by atoms with E-state index < -0.39 is 18.6 Å². The van der Waals surface area contributed by atoms with Gasteiger partial charge in [-0.2, -0.15) is 5.10 Å². The largest absolute Gasteiger partial charge is 0.394 e. The van der Waals surface area contributed by atoms with Crippen molar-refractivity contribution in [3.8, 4) is 5.69 Å². The summed E-state index contributed by atoms with van der Waals surface area (Å²) in [4.78, 5) is 11.8. The normalized spacial score (nSPS) is 11.8. The molecule has 1 aromatic heterocycles. The molecule has 4 N–H and O–H groups in total. The number of hydrogen-bond acceptors (Lipinski definition) is 4. The maximum atomic E-state index is 11.8. The Morgan fingerprint density at radius 2 is 2.12 bits per heavy atom. The van der Waals surface area contributed by atoms with Crippen LogP contribution in [0.5, 0.6) is 0 Å². The number of amides is 1. The summed E-state index contributed by atoms with van der Waals surface area (Å²) in [5, 5.41) is 17.0. The van der Waals surface area contributed by atoms with Crippen LogP contribution in [-0.2, 0) is 4.79 Å². The first-order chi connectivity index (χ1) is 11.1. The monoisotopic (exact) mass is 346 g/mol. The number of aryl methyl sites for hydroxylation is 1. The molecule has 0 fully saturated rings. The molecule has 0 bridgehead atoms. The molecule has 1 atom stereocenters. The quantitative estimate of drug-likeness (QED) is 0.673. The third-order valence-electron chi connectivity index (χ3n) is 3.62. The lowest BCUT2D eigenvalue weighted by Crippen LogP contribution is -2.38. The van der Waals surface area contributed by atoms with E-state index in [1.54, 1.807) is 12.3 Å². The summed E-state index contributed by atoms with van der Waals surface area (Å²) in [5.41, 5.74) is 9.10. The number of carbonyl (C=O) groups is 1. The Morgan fingerprint density at radius 3 is 2.83 bits per heavy atom. The molecule has 0 unspecified atom stereocenters. The predicted octanol–water partition coefficient (Wildman–Crippen LogP) is 2.01. The fraction of sp³-hybridized carbons (Fsp3) is 0.176. The van der Waals surface area contributed by atoms with Crippen molar-refractivity contribution in [2.45, 2.75) is 13.0 Å². The number of nitrogens with zero attached hydrogens (tertiary/aromatic N) is 2. The Bertz CT molecular complexity index is 863. The van der Waals surface area contributed by atoms with E-state index in [1.807, 2.05) is 48.0 Å². The molecule has 0 aliphatic rings. The first-order valence-corrected chi connectivity index (χ1v) is 7.30. The van der Waals surface area contributed by atoms with Gasteiger partial charge in [-0.1, -0.05) is 12.1 Å². The fourth-order valence-corrected chi connectivity index (χ4v) is 2.38. The minimum Gasteiger partial charge on any atom is -0.394 e. The molecule has 24 heavy (non-hydrogen) atoms. The van der Waals surface area contributed by atoms with Gasteiger partial charge in [-0.15, -0.1) is 12.4 Å². The summed E-state index contributed by atoms with van der Waals surface area (Å²) in [6, 6.07) is 12.6. The average molecular weight is 347 g/mol. The van der Waals surface area contributed by atoms with Gasteiger partial charge >= 0.3 is 0 Å². The van der Waals surface area contributed by atoms with E-state index in [0.29, 0.717) is 5.69 Å². The van der Waals surface area contributed by atoms with E-state index in [-0.39, 0.29) is 12.4 Å². The summed E-state index contributed by atoms with van der Waals surface area (Å²) in [6.07, 6.45) is 1.78. The van der Waals surface area contributed by atoms with Crippen molar-refractivity contribution in [1.29, 1.82) is 0 Å². The van der Waals surface area contributed by atoms with Crippen LogP contribution < -0.4 is 11.1 Å². The van der Waals surface area contributed by atoms with Crippen LogP contribution in [0, 0.1) is 6.92 Å². The van der Waals surface area contributed by atoms with Crippen LogP contribution in [0.1, 0.15) is 5.56 Å². The van der Waals surface area contributed by atoms with Gasteiger partial charge in [0.25, 0.3) is 0 Å². The zero-order valence-electron chi connectivity index (χ0n) is 13.1. The SMILES string of the molecule is Cc1cccc(-n2ncc3ccc(NC(=O)[C@H](N)CO)cc32)c1.Cl. The number of aliphatic hydroxyl groups excluding tert-OH is 1. The molecular formula is C17H19ClN4O2. The maximum absolute atomic E-state index is 11.8. The van der Waals surface area contributed by atoms with E-state index in [2.05, 4.69) is 10.4 Å². The summed E-state index contributed by atoms with van der Waals surface area (Å²) >= 11 is 0. The number of benzene rings is 2. The van der Waals surface area contributed by atoms with Gasteiger partial charge in [0.2, 0.25) is 5.91 Å². The van der Waals surface area contributed by atoms with Crippen molar-refractivity contribution < 1.29 is 9.90 Å². The first-order valence-electron chi connectivity index (χ1n) is 7.30. The number of aromatic nitrogens is 2. The smallest absolute Gasteiger partial charge is 0.243 e. The van der Waals surface area contributed by atoms with Crippen molar-refractivity contribution in [3.63, 3.8) is 0 Å². The topological polar surface area (TPSA) is 93.2 Å². The minimum absolute atomic E-state index is 0. The number of halogens is 1. The molecule has 126 valence electrons. The summed E-state index contributed by atoms with van der Waals surface area (Å²) in [7, 11) is 0. The number of nitrogens with one attached hydrogen (secondary N) is 1. The maximum Gasteiger partial charge on any atom is 0.243 e. The minimum atomic E-state index is -0.938. The Hall–Kier alpha value is -2.41. The van der Waals surface area contributed by atoms with Gasteiger partial charge in [0.1, 0.15) is 6.04 Å². The lowest BCUT2D eigenvalue weighted by molar-refractivity contribution is -0.118. The molecule has 3 rings (SSSR count). The summed E-state index contributed by atoms with van der Waals surface area (Å²) < 4.78 is 1.82. The number of nitrogens with two attached hydrogens (primary N) is 1. The number of carbonyl (C=O) groups excluding carboxylic acids is 1. The van der Waals surface area contributed by atoms with Crippen molar-refractivity contribution >= 4 is 34.9 Å². The Morgan fingerprint density at radius 1 is 1.33 bits per heavy atom. The highest BCUT2D eigenvalue weighted by molar-refractivity contribution is 5.96. The molecule has 1 heterocycles. The van der Waals surface area contributed by atoms with Crippen LogP contribution in [-0.4, -0.2) is 33.4 Å². The number of rotatable bonds is 4. The molecule has 1 amide bonds. The van der Waals surface area contributed by atoms with E-state index >= 15 is 0 Å². The van der Waals surface area contributed by atoms with E-state index in [1.165, 1.54) is 0 Å². The molecule has 2 aromatic carbocycles. The number of aliphatic hydroxyl groups is 1. The standard InChI is InChI=1S/C17H18N4O2.ClH/c1-11-3-2-4-14(7-11)21-16-8-13(6-5-12(16)9-19-21)20-17(23)15(18)10-22;/h2-9,15,22H,10,18H2,1H3,(H,20,23);1H/t15-;/m1./s1. The van der Waals surface area contributed by atoms with Crippen LogP contribution in [0.2, 0.25) is 0 Å². The van der Waals surface area contributed by atoms with E-state index in [0.717, 1.165) is 22.2 Å². The highest BCUT2D eigenvalue weighted by atomic mass is 35.5. The van der Waals surface area contributed by atoms with Crippen molar-refractivity contribution in [1.82, 2.24) is 9.78 Å². The van der Waals surface area contributed by atoms with Gasteiger partial charge < -0.3 is 16.2 Å². The lowest BCUT2D eigenvalue weighted by Gasteiger charge is -2.10. The second-order valence-electron chi connectivity index (χ2n) is 5.45. The number of anilines is 1. The van der Waals surface area contributed by atoms with Gasteiger partial charge in [-0.05, 0) is 42.8 Å². The Kier molecular flexibility index (Phi) is 5.56. The zero-order chi connectivity index (χ0) is 16.4. The first kappa shape index (κ1) is 17.9. The molecule has 6 nitrogen and oxygen atoms in total. The van der Waals surface area contributed by atoms with Gasteiger partial charge in [-0.25, -0.2) is 4.68 Å². The van der Waals surface area contributed by atoms with Crippen molar-refractivity contribution in [2.75, 3.05) is 11.9 Å². The van der Waals surface area contributed by atoms with Gasteiger partial charge in [0.15, 0.2) is 0 Å². The second kappa shape index (κ2) is 7.44. The molecule has 0 saturated carbocycles. The van der Waals surface area contributed by atoms with E-state index in [4.69, 9.17) is 10.8 Å². The van der Waals surface area contributed by atoms with Gasteiger partial charge in [0.05, 0.1) is 24.0 Å². The van der Waals surface area contributed by atoms with Crippen molar-refractivity contribution in [2.24, 2.45) is 5.73 Å². The van der Waals surface area contributed by atoms with Crippen LogP contribution in [0.15, 0.2) is 48.7 Å². The molecule has 0 saturated heterocycles. The second-order valence-corrected chi connectivity index (χ2v) is 5.45. The van der Waals surface area contributed by atoms with Crippen LogP contribution in [0.3, 0.4) is 0 Å². The lowest BCUT2D eigenvalue weighted by atomic mass is 10.2. The third kappa shape index (κ3) is 3.56. The number of fused-ring (bicyclic) bond motifs is 1. The van der Waals surface area contributed by atoms with Crippen LogP contribution >= 0.6 is 12.4 Å². The molecular weight excluding hydrogens is 328 g/mol. The highest BCUT2D eigenvalue weighted by Gasteiger charge is 2.13. The fourth-order valence-electron chi connectivity index (χ4n) is 2.38.